The second kappa shape index (κ2) is 8.82. The number of thioether (sulfide) groups is 1. The summed E-state index contributed by atoms with van der Waals surface area (Å²) in [5, 5.41) is 1.19. The standard InChI is InChI=1S/C11H16F3N3OS2.ClH/c1-17(10(18)7(15)3-4-19-2)5-9-16-8(6-20-9)11(12,13)14;/h6-7H,3-5,15H2,1-2H3;1H/t7-;/m0./s1. The van der Waals surface area contributed by atoms with Gasteiger partial charge in [-0.05, 0) is 18.4 Å². The van der Waals surface area contributed by atoms with Crippen LogP contribution in [-0.2, 0) is 17.5 Å². The molecule has 122 valence electrons. The maximum Gasteiger partial charge on any atom is 0.434 e. The molecule has 0 aliphatic carbocycles. The van der Waals surface area contributed by atoms with Gasteiger partial charge in [-0.1, -0.05) is 0 Å². The van der Waals surface area contributed by atoms with Gasteiger partial charge in [0.05, 0.1) is 12.6 Å². The van der Waals surface area contributed by atoms with Gasteiger partial charge in [-0.2, -0.15) is 24.9 Å². The van der Waals surface area contributed by atoms with Crippen LogP contribution in [0, 0.1) is 0 Å². The first-order chi connectivity index (χ1) is 9.25. The van der Waals surface area contributed by atoms with E-state index >= 15 is 0 Å². The number of carbonyl (C=O) groups excluding carboxylic acids is 1. The predicted molar refractivity (Wildman–Crippen MR) is 81.8 cm³/mol. The van der Waals surface area contributed by atoms with Gasteiger partial charge in [0, 0.05) is 12.4 Å². The van der Waals surface area contributed by atoms with E-state index in [0.717, 1.165) is 22.5 Å². The molecular weight excluding hydrogens is 347 g/mol. The first-order valence-corrected chi connectivity index (χ1v) is 8.04. The van der Waals surface area contributed by atoms with Gasteiger partial charge in [0.15, 0.2) is 5.69 Å². The number of alkyl halides is 3. The van der Waals surface area contributed by atoms with Crippen molar-refractivity contribution >= 4 is 41.4 Å². The molecule has 0 spiro atoms. The largest absolute Gasteiger partial charge is 0.434 e. The molecule has 0 saturated heterocycles. The summed E-state index contributed by atoms with van der Waals surface area (Å²) in [6, 6.07) is -0.630. The Morgan fingerprint density at radius 3 is 2.67 bits per heavy atom. The van der Waals surface area contributed by atoms with E-state index in [1.165, 1.54) is 11.9 Å². The van der Waals surface area contributed by atoms with E-state index < -0.39 is 17.9 Å². The van der Waals surface area contributed by atoms with Crippen molar-refractivity contribution in [3.8, 4) is 0 Å². The highest BCUT2D eigenvalue weighted by atomic mass is 35.5. The molecule has 0 radical (unpaired) electrons. The average Bonchev–Trinajstić information content (AvgIpc) is 2.83. The summed E-state index contributed by atoms with van der Waals surface area (Å²) < 4.78 is 37.2. The molecule has 1 aromatic rings. The van der Waals surface area contributed by atoms with Gasteiger partial charge in [-0.15, -0.1) is 23.7 Å². The van der Waals surface area contributed by atoms with Crippen molar-refractivity contribution in [2.24, 2.45) is 5.73 Å². The fourth-order valence-electron chi connectivity index (χ4n) is 1.45. The number of carbonyl (C=O) groups is 1. The Labute approximate surface area is 135 Å². The van der Waals surface area contributed by atoms with E-state index in [-0.39, 0.29) is 29.9 Å². The van der Waals surface area contributed by atoms with Crippen LogP contribution in [0.4, 0.5) is 13.2 Å². The van der Waals surface area contributed by atoms with Gasteiger partial charge in [-0.25, -0.2) is 4.98 Å². The summed E-state index contributed by atoms with van der Waals surface area (Å²) in [6.07, 6.45) is -2.00. The zero-order valence-corrected chi connectivity index (χ0v) is 14.0. The van der Waals surface area contributed by atoms with E-state index in [1.54, 1.807) is 11.8 Å². The van der Waals surface area contributed by atoms with Crippen molar-refractivity contribution in [2.45, 2.75) is 25.2 Å². The summed E-state index contributed by atoms with van der Waals surface area (Å²) in [7, 11) is 1.51. The fourth-order valence-corrected chi connectivity index (χ4v) is 2.79. The van der Waals surface area contributed by atoms with Gasteiger partial charge in [0.1, 0.15) is 5.01 Å². The van der Waals surface area contributed by atoms with Crippen LogP contribution in [0.25, 0.3) is 0 Å². The highest BCUT2D eigenvalue weighted by Gasteiger charge is 2.33. The number of halogens is 4. The van der Waals surface area contributed by atoms with Crippen LogP contribution in [0.5, 0.6) is 0 Å². The molecule has 0 saturated carbocycles. The van der Waals surface area contributed by atoms with Crippen LogP contribution >= 0.6 is 35.5 Å². The molecule has 0 aromatic carbocycles. The van der Waals surface area contributed by atoms with Crippen LogP contribution < -0.4 is 5.73 Å². The van der Waals surface area contributed by atoms with Crippen molar-refractivity contribution in [3.05, 3.63) is 16.1 Å². The van der Waals surface area contributed by atoms with Gasteiger partial charge < -0.3 is 10.6 Å². The molecule has 21 heavy (non-hydrogen) atoms. The highest BCUT2D eigenvalue weighted by molar-refractivity contribution is 7.98. The number of amides is 1. The SMILES string of the molecule is CSCC[C@H](N)C(=O)N(C)Cc1nc(C(F)(F)F)cs1.Cl. The van der Waals surface area contributed by atoms with Gasteiger partial charge in [0.2, 0.25) is 5.91 Å². The van der Waals surface area contributed by atoms with Crippen molar-refractivity contribution in [1.82, 2.24) is 9.88 Å². The Hall–Kier alpha value is -0.510. The van der Waals surface area contributed by atoms with Gasteiger partial charge >= 0.3 is 6.18 Å². The number of aromatic nitrogens is 1. The third kappa shape index (κ3) is 6.41. The molecule has 1 atom stereocenters. The minimum absolute atomic E-state index is 0. The number of nitrogens with zero attached hydrogens (tertiary/aromatic N) is 2. The highest BCUT2D eigenvalue weighted by Crippen LogP contribution is 2.30. The minimum atomic E-state index is -4.45. The Morgan fingerprint density at radius 2 is 2.19 bits per heavy atom. The first-order valence-electron chi connectivity index (χ1n) is 5.76. The lowest BCUT2D eigenvalue weighted by Crippen LogP contribution is -2.41. The Balaban J connectivity index is 0.00000400. The second-order valence-corrected chi connectivity index (χ2v) is 6.13. The monoisotopic (exact) mass is 363 g/mol. The zero-order chi connectivity index (χ0) is 15.3. The van der Waals surface area contributed by atoms with Crippen LogP contribution in [0.3, 0.4) is 0 Å². The average molecular weight is 364 g/mol. The Kier molecular flexibility index (Phi) is 8.60. The molecule has 1 aromatic heterocycles. The minimum Gasteiger partial charge on any atom is -0.338 e. The molecule has 0 aliphatic rings. The summed E-state index contributed by atoms with van der Waals surface area (Å²) in [5.74, 6) is 0.471. The normalized spacial score (nSPS) is 12.7. The summed E-state index contributed by atoms with van der Waals surface area (Å²) in [6.45, 7) is 0.0343. The smallest absolute Gasteiger partial charge is 0.338 e. The van der Waals surface area contributed by atoms with E-state index in [9.17, 15) is 18.0 Å². The van der Waals surface area contributed by atoms with Crippen molar-refractivity contribution < 1.29 is 18.0 Å². The van der Waals surface area contributed by atoms with Crippen LogP contribution in [-0.4, -0.2) is 40.9 Å². The maximum absolute atomic E-state index is 12.4. The molecule has 0 unspecified atom stereocenters. The predicted octanol–water partition coefficient (Wildman–Crippen LogP) is 2.62. The number of rotatable bonds is 6. The van der Waals surface area contributed by atoms with E-state index in [1.807, 2.05) is 6.26 Å². The van der Waals surface area contributed by atoms with E-state index in [2.05, 4.69) is 4.98 Å². The third-order valence-corrected chi connectivity index (χ3v) is 4.02. The van der Waals surface area contributed by atoms with E-state index in [4.69, 9.17) is 5.73 Å². The zero-order valence-electron chi connectivity index (χ0n) is 11.5. The van der Waals surface area contributed by atoms with Crippen LogP contribution in [0.1, 0.15) is 17.1 Å². The first kappa shape index (κ1) is 20.5. The molecule has 2 N–H and O–H groups in total. The lowest BCUT2D eigenvalue weighted by atomic mass is 10.2. The number of hydrogen-bond acceptors (Lipinski definition) is 5. The summed E-state index contributed by atoms with van der Waals surface area (Å²) in [5.41, 5.74) is 4.80. The van der Waals surface area contributed by atoms with E-state index in [0.29, 0.717) is 6.42 Å². The maximum atomic E-state index is 12.4. The Morgan fingerprint density at radius 1 is 1.57 bits per heavy atom. The Bertz CT molecular complexity index is 456. The van der Waals surface area contributed by atoms with Crippen molar-refractivity contribution in [3.63, 3.8) is 0 Å². The number of thiazole rings is 1. The van der Waals surface area contributed by atoms with Crippen LogP contribution in [0.15, 0.2) is 5.38 Å². The molecule has 10 heteroatoms. The summed E-state index contributed by atoms with van der Waals surface area (Å²) >= 11 is 2.46. The molecular formula is C11H17ClF3N3OS2. The molecule has 4 nitrogen and oxygen atoms in total. The summed E-state index contributed by atoms with van der Waals surface area (Å²) in [4.78, 5) is 16.7. The lowest BCUT2D eigenvalue weighted by molar-refractivity contribution is -0.140. The topological polar surface area (TPSA) is 59.2 Å². The van der Waals surface area contributed by atoms with Gasteiger partial charge in [0.25, 0.3) is 0 Å². The molecule has 0 fully saturated rings. The number of likely N-dealkylation sites (N-methyl/N-ethyl adjacent to an activating group) is 1. The van der Waals surface area contributed by atoms with Crippen molar-refractivity contribution in [1.29, 1.82) is 0 Å². The molecule has 0 bridgehead atoms. The van der Waals surface area contributed by atoms with Crippen molar-refractivity contribution in [2.75, 3.05) is 19.1 Å². The lowest BCUT2D eigenvalue weighted by Gasteiger charge is -2.20. The molecule has 1 rings (SSSR count). The van der Waals surface area contributed by atoms with Crippen LogP contribution in [0.2, 0.25) is 0 Å². The quantitative estimate of drug-likeness (QED) is 0.844. The second-order valence-electron chi connectivity index (χ2n) is 4.21. The molecule has 0 aliphatic heterocycles. The number of nitrogens with two attached hydrogens (primary N) is 1. The van der Waals surface area contributed by atoms with Gasteiger partial charge in [-0.3, -0.25) is 4.79 Å². The molecule has 1 amide bonds. The fraction of sp³-hybridized carbons (Fsp3) is 0.636. The third-order valence-electron chi connectivity index (χ3n) is 2.54. The number of hydrogen-bond donors (Lipinski definition) is 1. The molecule has 1 heterocycles.